The molecule has 2 heterocycles. The Kier molecular flexibility index (Phi) is 6.38. The fourth-order valence-electron chi connectivity index (χ4n) is 11.9. The zero-order chi connectivity index (χ0) is 41.0. The third-order valence-electron chi connectivity index (χ3n) is 14.5. The summed E-state index contributed by atoms with van der Waals surface area (Å²) in [6.45, 7) is 0. The fraction of sp³-hybridized carbons (Fsp3) is 0.0164. The van der Waals surface area contributed by atoms with Crippen molar-refractivity contribution >= 4 is 54.3 Å². The maximum absolute atomic E-state index is 6.81. The summed E-state index contributed by atoms with van der Waals surface area (Å²) in [5, 5.41) is 9.45. The second kappa shape index (κ2) is 12.0. The van der Waals surface area contributed by atoms with E-state index in [0.717, 1.165) is 60.9 Å². The first-order chi connectivity index (χ1) is 31.2. The van der Waals surface area contributed by atoms with Crippen LogP contribution >= 0.6 is 0 Å². The van der Waals surface area contributed by atoms with E-state index in [0.29, 0.717) is 0 Å². The molecule has 3 aliphatic rings. The molecule has 11 aromatic carbocycles. The highest BCUT2D eigenvalue weighted by Gasteiger charge is 2.52. The fourth-order valence-corrected chi connectivity index (χ4v) is 11.9. The van der Waals surface area contributed by atoms with Crippen LogP contribution in [0.5, 0.6) is 11.5 Å². The van der Waals surface area contributed by atoms with Gasteiger partial charge in [-0.05, 0) is 130 Å². The predicted octanol–water partition coefficient (Wildman–Crippen LogP) is 16.5. The summed E-state index contributed by atoms with van der Waals surface area (Å²) in [6, 6.07) is 76.0. The van der Waals surface area contributed by atoms with Crippen LogP contribution in [0.3, 0.4) is 0 Å². The minimum Gasteiger partial charge on any atom is -0.456 e. The Morgan fingerprint density at radius 3 is 1.86 bits per heavy atom. The molecule has 0 N–H and O–H groups in total. The van der Waals surface area contributed by atoms with Crippen LogP contribution < -0.4 is 4.74 Å². The van der Waals surface area contributed by atoms with E-state index in [9.17, 15) is 0 Å². The lowest BCUT2D eigenvalue weighted by atomic mass is 9.70. The highest BCUT2D eigenvalue weighted by atomic mass is 16.5. The van der Waals surface area contributed by atoms with E-state index in [1.807, 2.05) is 0 Å². The molecule has 0 saturated heterocycles. The molecule has 2 aliphatic carbocycles. The topological polar surface area (TPSA) is 22.4 Å². The van der Waals surface area contributed by atoms with Gasteiger partial charge < -0.3 is 9.15 Å². The molecule has 1 aliphatic heterocycles. The maximum Gasteiger partial charge on any atom is 0.143 e. The summed E-state index contributed by atoms with van der Waals surface area (Å²) < 4.78 is 13.4. The molecule has 15 rings (SSSR count). The van der Waals surface area contributed by atoms with Gasteiger partial charge in [-0.1, -0.05) is 170 Å². The molecule has 290 valence electrons. The zero-order valence-electron chi connectivity index (χ0n) is 33.9. The van der Waals surface area contributed by atoms with E-state index in [1.165, 1.54) is 82.7 Å². The Bertz CT molecular complexity index is 4020. The third kappa shape index (κ3) is 4.23. The van der Waals surface area contributed by atoms with Gasteiger partial charge >= 0.3 is 0 Å². The van der Waals surface area contributed by atoms with Gasteiger partial charge in [0.2, 0.25) is 0 Å². The second-order valence-corrected chi connectivity index (χ2v) is 17.4. The first-order valence-corrected chi connectivity index (χ1v) is 21.8. The van der Waals surface area contributed by atoms with Crippen LogP contribution in [0.15, 0.2) is 211 Å². The van der Waals surface area contributed by atoms with Gasteiger partial charge in [-0.25, -0.2) is 0 Å². The molecule has 1 unspecified atom stereocenters. The first-order valence-electron chi connectivity index (χ1n) is 21.8. The number of hydrogen-bond acceptors (Lipinski definition) is 2. The number of hydrogen-bond donors (Lipinski definition) is 0. The van der Waals surface area contributed by atoms with Crippen molar-refractivity contribution in [1.29, 1.82) is 0 Å². The van der Waals surface area contributed by atoms with E-state index in [-0.39, 0.29) is 0 Å². The highest BCUT2D eigenvalue weighted by Crippen LogP contribution is 2.64. The molecule has 2 heteroatoms. The number of benzene rings is 11. The lowest BCUT2D eigenvalue weighted by Gasteiger charge is -2.31. The van der Waals surface area contributed by atoms with Crippen molar-refractivity contribution in [2.75, 3.05) is 0 Å². The van der Waals surface area contributed by atoms with Crippen LogP contribution in [-0.2, 0) is 5.41 Å². The Balaban J connectivity index is 0.922. The lowest BCUT2D eigenvalue weighted by molar-refractivity contribution is 0.487. The number of furan rings is 1. The molecule has 0 saturated carbocycles. The summed E-state index contributed by atoms with van der Waals surface area (Å²) in [7, 11) is 0. The van der Waals surface area contributed by atoms with E-state index in [2.05, 4.69) is 206 Å². The van der Waals surface area contributed by atoms with Gasteiger partial charge in [0, 0.05) is 27.1 Å². The molecule has 0 fully saturated rings. The molecule has 0 bridgehead atoms. The standard InChI is InChI=1S/C61H34O2/c1-3-13-40-35(11-1)25-30-52-57(40)47-16-6-8-21-51(47)61(52)50-20-7-5-15-43(50)44-27-24-38(34-53(44)61)39-29-32-56-59-45(39)18-9-19-46(59)49-33-37(26-31-54(49)62-56)41-17-10-22-55-58(41)48-28-23-36-12-2-4-14-42(36)60(48)63-55/h1-34H. The molecule has 1 aromatic heterocycles. The molecule has 1 atom stereocenters. The van der Waals surface area contributed by atoms with Gasteiger partial charge in [-0.3, -0.25) is 0 Å². The number of fused-ring (bicyclic) bond motifs is 19. The molecule has 0 amide bonds. The van der Waals surface area contributed by atoms with Crippen molar-refractivity contribution < 1.29 is 9.15 Å². The Morgan fingerprint density at radius 1 is 0.317 bits per heavy atom. The van der Waals surface area contributed by atoms with Crippen LogP contribution in [0.4, 0.5) is 0 Å². The lowest BCUT2D eigenvalue weighted by Crippen LogP contribution is -2.25. The van der Waals surface area contributed by atoms with Gasteiger partial charge in [-0.15, -0.1) is 0 Å². The molecule has 12 aromatic rings. The minimum atomic E-state index is -0.445. The SMILES string of the molecule is c1ccc2c(c1)-c1ccc(-c3ccc4c5c(cccc35)-c3cc(-c5cccc6oc7c8ccccc8ccc7c56)ccc3O4)cc1C21c2ccccc2-c2c1ccc1ccccc21. The molecule has 63 heavy (non-hydrogen) atoms. The molecular weight excluding hydrogens is 765 g/mol. The summed E-state index contributed by atoms with van der Waals surface area (Å²) in [6.07, 6.45) is 0. The minimum absolute atomic E-state index is 0.445. The van der Waals surface area contributed by atoms with Crippen LogP contribution in [0.1, 0.15) is 22.3 Å². The van der Waals surface area contributed by atoms with Crippen molar-refractivity contribution in [2.24, 2.45) is 0 Å². The van der Waals surface area contributed by atoms with Gasteiger partial charge in [0.05, 0.1) is 5.41 Å². The van der Waals surface area contributed by atoms with E-state index >= 15 is 0 Å². The summed E-state index contributed by atoms with van der Waals surface area (Å²) in [5.74, 6) is 1.75. The summed E-state index contributed by atoms with van der Waals surface area (Å²) >= 11 is 0. The van der Waals surface area contributed by atoms with Crippen LogP contribution in [0.2, 0.25) is 0 Å². The van der Waals surface area contributed by atoms with Crippen molar-refractivity contribution in [3.8, 4) is 67.1 Å². The molecule has 0 radical (unpaired) electrons. The zero-order valence-corrected chi connectivity index (χ0v) is 33.9. The maximum atomic E-state index is 6.81. The van der Waals surface area contributed by atoms with E-state index in [1.54, 1.807) is 0 Å². The largest absolute Gasteiger partial charge is 0.456 e. The van der Waals surface area contributed by atoms with Crippen LogP contribution in [-0.4, -0.2) is 0 Å². The average molecular weight is 799 g/mol. The summed E-state index contributed by atoms with van der Waals surface area (Å²) in [4.78, 5) is 0. The number of rotatable bonds is 2. The predicted molar refractivity (Wildman–Crippen MR) is 259 cm³/mol. The van der Waals surface area contributed by atoms with Crippen molar-refractivity contribution in [3.05, 3.63) is 229 Å². The molecular formula is C61H34O2. The smallest absolute Gasteiger partial charge is 0.143 e. The Hall–Kier alpha value is -8.20. The Morgan fingerprint density at radius 2 is 0.952 bits per heavy atom. The van der Waals surface area contributed by atoms with Crippen LogP contribution in [0.25, 0.3) is 110 Å². The monoisotopic (exact) mass is 798 g/mol. The first kappa shape index (κ1) is 33.5. The quantitative estimate of drug-likeness (QED) is 0.174. The highest BCUT2D eigenvalue weighted by molar-refractivity contribution is 6.19. The Labute approximate surface area is 362 Å². The second-order valence-electron chi connectivity index (χ2n) is 17.4. The normalized spacial score (nSPS) is 15.2. The van der Waals surface area contributed by atoms with E-state index in [4.69, 9.17) is 9.15 Å². The number of ether oxygens (including phenoxy) is 1. The molecule has 2 nitrogen and oxygen atoms in total. The van der Waals surface area contributed by atoms with Crippen molar-refractivity contribution in [3.63, 3.8) is 0 Å². The van der Waals surface area contributed by atoms with E-state index < -0.39 is 5.41 Å². The van der Waals surface area contributed by atoms with Crippen molar-refractivity contribution in [1.82, 2.24) is 0 Å². The van der Waals surface area contributed by atoms with Gasteiger partial charge in [-0.2, -0.15) is 0 Å². The average Bonchev–Trinajstić information content (AvgIpc) is 3.98. The van der Waals surface area contributed by atoms with Gasteiger partial charge in [0.1, 0.15) is 22.7 Å². The third-order valence-corrected chi connectivity index (χ3v) is 14.5. The molecule has 1 spiro atoms. The van der Waals surface area contributed by atoms with Gasteiger partial charge in [0.15, 0.2) is 0 Å². The van der Waals surface area contributed by atoms with Crippen LogP contribution in [0, 0.1) is 0 Å². The summed E-state index contributed by atoms with van der Waals surface area (Å²) in [5.41, 5.74) is 19.0. The van der Waals surface area contributed by atoms with Gasteiger partial charge in [0.25, 0.3) is 0 Å². The van der Waals surface area contributed by atoms with Crippen molar-refractivity contribution in [2.45, 2.75) is 5.41 Å².